The Balaban J connectivity index is 1.66. The van der Waals surface area contributed by atoms with Crippen LogP contribution in [0.5, 0.6) is 11.5 Å². The molecule has 1 aliphatic rings. The summed E-state index contributed by atoms with van der Waals surface area (Å²) in [5.74, 6) is -0.650. The molecule has 0 bridgehead atoms. The van der Waals surface area contributed by atoms with E-state index in [4.69, 9.17) is 18.9 Å². The van der Waals surface area contributed by atoms with Crippen molar-refractivity contribution in [3.63, 3.8) is 0 Å². The monoisotopic (exact) mass is 694 g/mol. The molecule has 0 radical (unpaired) electrons. The molecular weight excluding hydrogens is 660 g/mol. The van der Waals surface area contributed by atoms with Crippen molar-refractivity contribution >= 4 is 43.8 Å². The third kappa shape index (κ3) is 8.81. The highest BCUT2D eigenvalue weighted by Crippen LogP contribution is 2.46. The number of carbonyl (C=O) groups excluding carboxylic acids is 2. The average Bonchev–Trinajstić information content (AvgIpc) is 2.95. The predicted octanol–water partition coefficient (Wildman–Crippen LogP) is 4.98. The van der Waals surface area contributed by atoms with E-state index >= 15 is 0 Å². The molecule has 0 saturated heterocycles. The van der Waals surface area contributed by atoms with E-state index in [-0.39, 0.29) is 6.61 Å². The van der Waals surface area contributed by atoms with Crippen molar-refractivity contribution in [1.82, 2.24) is 10.6 Å². The number of hydrogen-bond donors (Lipinski definition) is 3. The lowest BCUT2D eigenvalue weighted by molar-refractivity contribution is -0.137. The Bertz CT molecular complexity index is 1240. The third-order valence-electron chi connectivity index (χ3n) is 6.48. The molecule has 11 heteroatoms. The van der Waals surface area contributed by atoms with Crippen LogP contribution in [0.4, 0.5) is 0 Å². The SMILES string of the molecule is COC(=O)C1=C(C)NC(C)=C(C(=O)OC)C1c1cc(Br)cc(Br)c1OCCCCNCC(O)COc1ccccc1. The highest BCUT2D eigenvalue weighted by Gasteiger charge is 2.39. The van der Waals surface area contributed by atoms with Crippen LogP contribution in [0.25, 0.3) is 0 Å². The van der Waals surface area contributed by atoms with E-state index in [1.165, 1.54) is 14.2 Å². The van der Waals surface area contributed by atoms with Crippen LogP contribution in [0, 0.1) is 0 Å². The van der Waals surface area contributed by atoms with E-state index in [1.54, 1.807) is 13.8 Å². The minimum atomic E-state index is -0.777. The number of unbranched alkanes of at least 4 members (excludes halogenated alkanes) is 1. The molecule has 0 saturated carbocycles. The van der Waals surface area contributed by atoms with E-state index in [0.29, 0.717) is 58.0 Å². The molecule has 0 fully saturated rings. The number of aliphatic hydroxyl groups is 1. The van der Waals surface area contributed by atoms with Gasteiger partial charge in [0.1, 0.15) is 24.2 Å². The summed E-state index contributed by atoms with van der Waals surface area (Å²) in [4.78, 5) is 25.9. The van der Waals surface area contributed by atoms with Crippen LogP contribution in [-0.2, 0) is 19.1 Å². The largest absolute Gasteiger partial charge is 0.492 e. The molecule has 1 atom stereocenters. The van der Waals surface area contributed by atoms with Crippen LogP contribution < -0.4 is 20.1 Å². The number of para-hydroxylation sites is 1. The number of nitrogens with one attached hydrogen (secondary N) is 2. The summed E-state index contributed by atoms with van der Waals surface area (Å²) >= 11 is 7.13. The van der Waals surface area contributed by atoms with Crippen molar-refractivity contribution in [2.24, 2.45) is 0 Å². The lowest BCUT2D eigenvalue weighted by Gasteiger charge is -2.31. The second kappa shape index (κ2) is 16.0. The fraction of sp³-hybridized carbons (Fsp3) is 0.400. The van der Waals surface area contributed by atoms with Gasteiger partial charge in [-0.25, -0.2) is 9.59 Å². The van der Waals surface area contributed by atoms with Gasteiger partial charge in [-0.3, -0.25) is 0 Å². The molecule has 1 aliphatic heterocycles. The van der Waals surface area contributed by atoms with Crippen LogP contribution in [0.1, 0.15) is 38.2 Å². The van der Waals surface area contributed by atoms with Crippen molar-refractivity contribution < 1.29 is 33.6 Å². The van der Waals surface area contributed by atoms with Gasteiger partial charge in [0, 0.05) is 28.0 Å². The molecule has 0 aromatic heterocycles. The van der Waals surface area contributed by atoms with Crippen molar-refractivity contribution in [3.8, 4) is 11.5 Å². The number of esters is 2. The summed E-state index contributed by atoms with van der Waals surface area (Å²) in [5, 5.41) is 16.5. The zero-order valence-electron chi connectivity index (χ0n) is 23.6. The van der Waals surface area contributed by atoms with Crippen LogP contribution in [0.15, 0.2) is 74.0 Å². The average molecular weight is 696 g/mol. The van der Waals surface area contributed by atoms with E-state index < -0.39 is 24.0 Å². The summed E-state index contributed by atoms with van der Waals surface area (Å²) in [6.07, 6.45) is 0.913. The second-order valence-electron chi connectivity index (χ2n) is 9.46. The Morgan fingerprint density at radius 1 is 0.976 bits per heavy atom. The summed E-state index contributed by atoms with van der Waals surface area (Å²) in [6, 6.07) is 13.1. The van der Waals surface area contributed by atoms with Crippen molar-refractivity contribution in [2.75, 3.05) is 40.5 Å². The number of hydrogen-bond acceptors (Lipinski definition) is 9. The highest BCUT2D eigenvalue weighted by atomic mass is 79.9. The highest BCUT2D eigenvalue weighted by molar-refractivity contribution is 9.11. The van der Waals surface area contributed by atoms with Gasteiger partial charge in [-0.15, -0.1) is 0 Å². The van der Waals surface area contributed by atoms with E-state index in [0.717, 1.165) is 23.1 Å². The van der Waals surface area contributed by atoms with Gasteiger partial charge in [0.05, 0.1) is 42.4 Å². The number of rotatable bonds is 14. The maximum atomic E-state index is 12.9. The van der Waals surface area contributed by atoms with Gasteiger partial charge in [-0.1, -0.05) is 34.1 Å². The molecule has 2 aromatic rings. The molecule has 1 heterocycles. The maximum Gasteiger partial charge on any atom is 0.336 e. The summed E-state index contributed by atoms with van der Waals surface area (Å²) < 4.78 is 23.4. The molecule has 3 N–H and O–H groups in total. The molecule has 0 amide bonds. The summed E-state index contributed by atoms with van der Waals surface area (Å²) in [7, 11) is 2.61. The lowest BCUT2D eigenvalue weighted by atomic mass is 9.80. The molecular formula is C30H36Br2N2O7. The van der Waals surface area contributed by atoms with Gasteiger partial charge in [0.2, 0.25) is 0 Å². The molecule has 1 unspecified atom stereocenters. The van der Waals surface area contributed by atoms with Gasteiger partial charge in [0.25, 0.3) is 0 Å². The first-order valence-electron chi connectivity index (χ1n) is 13.2. The van der Waals surface area contributed by atoms with Gasteiger partial charge < -0.3 is 34.7 Å². The topological polar surface area (TPSA) is 115 Å². The second-order valence-corrected chi connectivity index (χ2v) is 11.2. The Morgan fingerprint density at radius 3 is 2.22 bits per heavy atom. The van der Waals surface area contributed by atoms with Gasteiger partial charge >= 0.3 is 11.9 Å². The molecule has 3 rings (SSSR count). The van der Waals surface area contributed by atoms with Gasteiger partial charge in [0.15, 0.2) is 0 Å². The first-order chi connectivity index (χ1) is 19.7. The number of dihydropyridines is 1. The minimum Gasteiger partial charge on any atom is -0.492 e. The number of methoxy groups -OCH3 is 2. The van der Waals surface area contributed by atoms with Crippen molar-refractivity contribution in [2.45, 2.75) is 38.7 Å². The summed E-state index contributed by atoms with van der Waals surface area (Å²) in [6.45, 7) is 5.24. The van der Waals surface area contributed by atoms with E-state index in [9.17, 15) is 14.7 Å². The Labute approximate surface area is 257 Å². The summed E-state index contributed by atoms with van der Waals surface area (Å²) in [5.41, 5.74) is 2.37. The fourth-order valence-electron chi connectivity index (χ4n) is 4.58. The number of allylic oxidation sites excluding steroid dienone is 2. The zero-order chi connectivity index (χ0) is 29.9. The number of carbonyl (C=O) groups is 2. The first-order valence-corrected chi connectivity index (χ1v) is 14.8. The Hall–Kier alpha value is -2.86. The smallest absolute Gasteiger partial charge is 0.336 e. The van der Waals surface area contributed by atoms with Crippen molar-refractivity contribution in [3.05, 3.63) is 79.5 Å². The molecule has 41 heavy (non-hydrogen) atoms. The molecule has 2 aromatic carbocycles. The zero-order valence-corrected chi connectivity index (χ0v) is 26.8. The van der Waals surface area contributed by atoms with Crippen molar-refractivity contribution in [1.29, 1.82) is 0 Å². The normalized spacial score (nSPS) is 14.4. The fourth-order valence-corrected chi connectivity index (χ4v) is 5.95. The molecule has 222 valence electrons. The van der Waals surface area contributed by atoms with Crippen LogP contribution >= 0.6 is 31.9 Å². The molecule has 0 spiro atoms. The van der Waals surface area contributed by atoms with Crippen LogP contribution in [0.2, 0.25) is 0 Å². The number of aliphatic hydroxyl groups excluding tert-OH is 1. The lowest BCUT2D eigenvalue weighted by Crippen LogP contribution is -2.32. The van der Waals surface area contributed by atoms with E-state index in [1.807, 2.05) is 42.5 Å². The first kappa shape index (κ1) is 32.7. The number of benzene rings is 2. The number of ether oxygens (including phenoxy) is 4. The van der Waals surface area contributed by atoms with Crippen LogP contribution in [-0.4, -0.2) is 63.7 Å². The Kier molecular flexibility index (Phi) is 12.7. The Morgan fingerprint density at radius 2 is 1.61 bits per heavy atom. The predicted molar refractivity (Wildman–Crippen MR) is 163 cm³/mol. The van der Waals surface area contributed by atoms with Gasteiger partial charge in [-0.05, 0) is 73.4 Å². The van der Waals surface area contributed by atoms with E-state index in [2.05, 4.69) is 42.5 Å². The minimum absolute atomic E-state index is 0.208. The third-order valence-corrected chi connectivity index (χ3v) is 7.53. The standard InChI is InChI=1S/C30H36Br2N2O7/c1-18-25(29(36)38-3)27(26(19(2)34-18)30(37)39-4)23-14-20(31)15-24(32)28(23)40-13-9-8-12-33-16-21(35)17-41-22-10-6-5-7-11-22/h5-7,10-11,14-15,21,27,33-35H,8-9,12-13,16-17H2,1-4H3. The van der Waals surface area contributed by atoms with Crippen LogP contribution in [0.3, 0.4) is 0 Å². The number of halogens is 2. The molecule has 0 aliphatic carbocycles. The maximum absolute atomic E-state index is 12.9. The van der Waals surface area contributed by atoms with Gasteiger partial charge in [-0.2, -0.15) is 0 Å². The molecule has 9 nitrogen and oxygen atoms in total. The quantitative estimate of drug-likeness (QED) is 0.186.